The normalized spacial score (nSPS) is 32.8. The average molecular weight is 288 g/mol. The average Bonchev–Trinajstić information content (AvgIpc) is 2.68. The summed E-state index contributed by atoms with van der Waals surface area (Å²) in [5.41, 5.74) is 1.60. The number of fused-ring (bicyclic) bond motifs is 2. The highest BCUT2D eigenvalue weighted by atomic mass is 35.5. The van der Waals surface area contributed by atoms with Crippen molar-refractivity contribution in [2.24, 2.45) is 0 Å². The first-order valence-corrected chi connectivity index (χ1v) is 6.82. The lowest BCUT2D eigenvalue weighted by Crippen LogP contribution is -2.55. The first-order chi connectivity index (χ1) is 9.55. The summed E-state index contributed by atoms with van der Waals surface area (Å²) >= 11 is 6.42. The van der Waals surface area contributed by atoms with Gasteiger partial charge in [-0.3, -0.25) is 9.69 Å². The van der Waals surface area contributed by atoms with Gasteiger partial charge in [-0.2, -0.15) is 5.26 Å². The number of hydrogen-bond acceptors (Lipinski definition) is 3. The van der Waals surface area contributed by atoms with Crippen LogP contribution in [0.3, 0.4) is 0 Å². The number of nitrogens with one attached hydrogen (secondary N) is 1. The van der Waals surface area contributed by atoms with Crippen molar-refractivity contribution < 1.29 is 4.79 Å². The molecule has 2 heterocycles. The summed E-state index contributed by atoms with van der Waals surface area (Å²) in [6.45, 7) is 4.45. The Labute approximate surface area is 122 Å². The van der Waals surface area contributed by atoms with Crippen LogP contribution in [-0.4, -0.2) is 27.8 Å². The number of hydrogen-bond donors (Lipinski definition) is 1. The number of carbonyl (C=O) groups excluding carboxylic acids is 1. The van der Waals surface area contributed by atoms with Crippen molar-refractivity contribution in [2.75, 3.05) is 0 Å². The molecule has 2 aliphatic rings. The molecular formula is C15H14ClN3O. The molecule has 0 aromatic heterocycles. The van der Waals surface area contributed by atoms with Crippen LogP contribution in [0.1, 0.15) is 12.0 Å². The highest BCUT2D eigenvalue weighted by molar-refractivity contribution is 6.27. The Hall–Kier alpha value is -1.83. The number of piperazine rings is 1. The molecule has 2 saturated heterocycles. The Kier molecular flexibility index (Phi) is 3.04. The first-order valence-electron chi connectivity index (χ1n) is 6.44. The highest BCUT2D eigenvalue weighted by Gasteiger charge is 2.58. The largest absolute Gasteiger partial charge is 0.327 e. The Morgan fingerprint density at radius 2 is 2.20 bits per heavy atom. The number of nitrogens with zero attached hydrogens (tertiary/aromatic N) is 2. The van der Waals surface area contributed by atoms with Gasteiger partial charge in [0.15, 0.2) is 4.87 Å². The smallest absolute Gasteiger partial charge is 0.241 e. The van der Waals surface area contributed by atoms with Crippen molar-refractivity contribution in [2.45, 2.75) is 29.9 Å². The van der Waals surface area contributed by atoms with Gasteiger partial charge in [-0.1, -0.05) is 36.9 Å². The molecule has 0 radical (unpaired) electrons. The van der Waals surface area contributed by atoms with E-state index in [9.17, 15) is 10.1 Å². The lowest BCUT2D eigenvalue weighted by Gasteiger charge is -2.37. The van der Waals surface area contributed by atoms with Crippen molar-refractivity contribution in [3.63, 3.8) is 0 Å². The second kappa shape index (κ2) is 4.62. The van der Waals surface area contributed by atoms with Gasteiger partial charge in [-0.05, 0) is 5.56 Å². The number of halogens is 1. The number of carbonyl (C=O) groups is 1. The van der Waals surface area contributed by atoms with Gasteiger partial charge in [0.1, 0.15) is 0 Å². The zero-order valence-corrected chi connectivity index (χ0v) is 11.6. The number of nitriles is 1. The number of alkyl halides is 1. The molecule has 2 aliphatic heterocycles. The Balaban J connectivity index is 1.96. The second-order valence-corrected chi connectivity index (χ2v) is 5.94. The van der Waals surface area contributed by atoms with Crippen LogP contribution in [0.5, 0.6) is 0 Å². The number of amides is 1. The molecule has 0 spiro atoms. The predicted octanol–water partition coefficient (Wildman–Crippen LogP) is 1.77. The molecule has 1 aromatic carbocycles. The van der Waals surface area contributed by atoms with Crippen molar-refractivity contribution in [3.8, 4) is 6.07 Å². The van der Waals surface area contributed by atoms with E-state index < -0.39 is 4.87 Å². The van der Waals surface area contributed by atoms with Crippen LogP contribution < -0.4 is 5.32 Å². The van der Waals surface area contributed by atoms with Crippen molar-refractivity contribution in [1.82, 2.24) is 10.2 Å². The summed E-state index contributed by atoms with van der Waals surface area (Å²) in [5, 5.41) is 12.1. The molecule has 0 aliphatic carbocycles. The van der Waals surface area contributed by atoms with Gasteiger partial charge in [0, 0.05) is 18.7 Å². The molecule has 2 bridgehead atoms. The zero-order valence-electron chi connectivity index (χ0n) is 10.8. The molecule has 1 N–H and O–H groups in total. The standard InChI is InChI=1S/C15H14ClN3O/c1-10-13-15(16,9-17)7-12(14(20)18-10)19(13)8-11-5-3-2-4-6-11/h2-6,12-13H,1,7-8H2,(H,18,20)/t12-,13-,15+/m1/s1. The minimum atomic E-state index is -1.09. The molecule has 102 valence electrons. The van der Waals surface area contributed by atoms with Crippen LogP contribution >= 0.6 is 11.6 Å². The summed E-state index contributed by atoms with van der Waals surface area (Å²) in [6.07, 6.45) is 0.327. The monoisotopic (exact) mass is 287 g/mol. The fourth-order valence-electron chi connectivity index (χ4n) is 3.09. The van der Waals surface area contributed by atoms with Gasteiger partial charge in [0.2, 0.25) is 5.91 Å². The zero-order chi connectivity index (χ0) is 14.3. The summed E-state index contributed by atoms with van der Waals surface area (Å²) in [6, 6.07) is 11.3. The Bertz CT molecular complexity index is 609. The molecule has 3 rings (SSSR count). The van der Waals surface area contributed by atoms with Crippen LogP contribution in [0.25, 0.3) is 0 Å². The molecule has 20 heavy (non-hydrogen) atoms. The summed E-state index contributed by atoms with van der Waals surface area (Å²) in [5.74, 6) is -0.125. The van der Waals surface area contributed by atoms with Crippen molar-refractivity contribution in [1.29, 1.82) is 5.26 Å². The minimum absolute atomic E-state index is 0.125. The quantitative estimate of drug-likeness (QED) is 0.844. The Morgan fingerprint density at radius 1 is 1.50 bits per heavy atom. The lowest BCUT2D eigenvalue weighted by molar-refractivity contribution is -0.127. The maximum absolute atomic E-state index is 12.1. The molecule has 1 amide bonds. The Morgan fingerprint density at radius 3 is 2.85 bits per heavy atom. The molecule has 0 unspecified atom stereocenters. The SMILES string of the molecule is C=C1NC(=O)[C@H]2C[C@](Cl)(C#N)[C@@H]1N2Cc1ccccc1. The number of benzene rings is 1. The third kappa shape index (κ3) is 1.91. The van der Waals surface area contributed by atoms with E-state index in [0.29, 0.717) is 18.7 Å². The van der Waals surface area contributed by atoms with Gasteiger partial charge in [0.25, 0.3) is 0 Å². The third-order valence-corrected chi connectivity index (χ3v) is 4.41. The van der Waals surface area contributed by atoms with Crippen LogP contribution in [0.4, 0.5) is 0 Å². The van der Waals surface area contributed by atoms with E-state index in [1.54, 1.807) is 0 Å². The van der Waals surface area contributed by atoms with Gasteiger partial charge >= 0.3 is 0 Å². The van der Waals surface area contributed by atoms with E-state index in [0.717, 1.165) is 5.56 Å². The highest BCUT2D eigenvalue weighted by Crippen LogP contribution is 2.44. The lowest BCUT2D eigenvalue weighted by atomic mass is 9.99. The third-order valence-electron chi connectivity index (χ3n) is 3.97. The molecule has 2 fully saturated rings. The number of rotatable bonds is 2. The van der Waals surface area contributed by atoms with Crippen LogP contribution in [0, 0.1) is 11.3 Å². The van der Waals surface area contributed by atoms with E-state index in [4.69, 9.17) is 11.6 Å². The van der Waals surface area contributed by atoms with Crippen LogP contribution in [0.15, 0.2) is 42.6 Å². The fourth-order valence-corrected chi connectivity index (χ4v) is 3.49. The van der Waals surface area contributed by atoms with E-state index in [2.05, 4.69) is 18.0 Å². The predicted molar refractivity (Wildman–Crippen MR) is 75.7 cm³/mol. The fraction of sp³-hybridized carbons (Fsp3) is 0.333. The van der Waals surface area contributed by atoms with Gasteiger partial charge in [-0.15, -0.1) is 11.6 Å². The second-order valence-electron chi connectivity index (χ2n) is 5.27. The van der Waals surface area contributed by atoms with Crippen molar-refractivity contribution >= 4 is 17.5 Å². The minimum Gasteiger partial charge on any atom is -0.327 e. The molecule has 5 heteroatoms. The maximum Gasteiger partial charge on any atom is 0.241 e. The van der Waals surface area contributed by atoms with E-state index >= 15 is 0 Å². The maximum atomic E-state index is 12.1. The summed E-state index contributed by atoms with van der Waals surface area (Å²) in [4.78, 5) is 13.0. The summed E-state index contributed by atoms with van der Waals surface area (Å²) in [7, 11) is 0. The molecule has 0 saturated carbocycles. The van der Waals surface area contributed by atoms with Gasteiger partial charge < -0.3 is 5.32 Å². The molecular weight excluding hydrogens is 274 g/mol. The van der Waals surface area contributed by atoms with Crippen molar-refractivity contribution in [3.05, 3.63) is 48.2 Å². The molecule has 1 aromatic rings. The van der Waals surface area contributed by atoms with Crippen LogP contribution in [-0.2, 0) is 11.3 Å². The topological polar surface area (TPSA) is 56.1 Å². The van der Waals surface area contributed by atoms with Gasteiger partial charge in [0.05, 0.1) is 18.2 Å². The van der Waals surface area contributed by atoms with Crippen LogP contribution in [0.2, 0.25) is 0 Å². The van der Waals surface area contributed by atoms with E-state index in [1.807, 2.05) is 35.2 Å². The van der Waals surface area contributed by atoms with E-state index in [1.165, 1.54) is 0 Å². The van der Waals surface area contributed by atoms with E-state index in [-0.39, 0.29) is 18.0 Å². The molecule has 3 atom stereocenters. The first kappa shape index (κ1) is 13.2. The summed E-state index contributed by atoms with van der Waals surface area (Å²) < 4.78 is 0. The van der Waals surface area contributed by atoms with Gasteiger partial charge in [-0.25, -0.2) is 0 Å². The molecule has 4 nitrogen and oxygen atoms in total.